The lowest BCUT2D eigenvalue weighted by molar-refractivity contribution is -0.138. The van der Waals surface area contributed by atoms with Gasteiger partial charge >= 0.3 is 5.97 Å². The number of rotatable bonds is 4. The second-order valence-electron chi connectivity index (χ2n) is 4.23. The summed E-state index contributed by atoms with van der Waals surface area (Å²) in [5.74, 6) is -3.60. The summed E-state index contributed by atoms with van der Waals surface area (Å²) in [6.45, 7) is -0.450. The molecule has 1 saturated carbocycles. The van der Waals surface area contributed by atoms with Gasteiger partial charge in [-0.2, -0.15) is 0 Å². The molecule has 2 N–H and O–H groups in total. The predicted molar refractivity (Wildman–Crippen MR) is 57.9 cm³/mol. The fourth-order valence-corrected chi connectivity index (χ4v) is 1.92. The van der Waals surface area contributed by atoms with Gasteiger partial charge in [-0.15, -0.1) is 0 Å². The van der Waals surface area contributed by atoms with Gasteiger partial charge in [0.15, 0.2) is 0 Å². The minimum absolute atomic E-state index is 0.292. The summed E-state index contributed by atoms with van der Waals surface area (Å²) in [6, 6.07) is 3.24. The molecule has 1 amide bonds. The van der Waals surface area contributed by atoms with E-state index in [9.17, 15) is 18.4 Å². The molecule has 1 aliphatic carbocycles. The molecule has 1 aliphatic rings. The zero-order valence-corrected chi connectivity index (χ0v) is 9.32. The van der Waals surface area contributed by atoms with E-state index in [1.807, 2.05) is 0 Å². The van der Waals surface area contributed by atoms with Gasteiger partial charge in [-0.3, -0.25) is 9.59 Å². The maximum absolute atomic E-state index is 13.4. The van der Waals surface area contributed by atoms with Crippen LogP contribution >= 0.6 is 0 Å². The van der Waals surface area contributed by atoms with Crippen molar-refractivity contribution in [3.05, 3.63) is 35.4 Å². The van der Waals surface area contributed by atoms with Crippen LogP contribution in [-0.4, -0.2) is 23.5 Å². The third kappa shape index (κ3) is 2.64. The number of hydrogen-bond acceptors (Lipinski definition) is 2. The molecule has 2 rings (SSSR count). The topological polar surface area (TPSA) is 66.4 Å². The van der Waals surface area contributed by atoms with Crippen molar-refractivity contribution in [2.24, 2.45) is 5.92 Å². The van der Waals surface area contributed by atoms with Gasteiger partial charge in [0, 0.05) is 12.0 Å². The van der Waals surface area contributed by atoms with Crippen LogP contribution < -0.4 is 5.32 Å². The van der Waals surface area contributed by atoms with Crippen LogP contribution in [-0.2, 0) is 9.59 Å². The molecule has 0 radical (unpaired) electrons. The lowest BCUT2D eigenvalue weighted by Crippen LogP contribution is -2.30. The Hall–Kier alpha value is -1.98. The summed E-state index contributed by atoms with van der Waals surface area (Å²) in [5.41, 5.74) is 0.298. The molecule has 0 heterocycles. The Kier molecular flexibility index (Phi) is 3.27. The summed E-state index contributed by atoms with van der Waals surface area (Å²) < 4.78 is 26.1. The first-order chi connectivity index (χ1) is 8.49. The van der Waals surface area contributed by atoms with E-state index in [0.29, 0.717) is 12.0 Å². The number of carboxylic acid groups (broad SMARTS) is 1. The summed E-state index contributed by atoms with van der Waals surface area (Å²) in [7, 11) is 0. The fourth-order valence-electron chi connectivity index (χ4n) is 1.92. The number of hydrogen-bond donors (Lipinski definition) is 2. The number of halogens is 2. The Bertz CT molecular complexity index is 504. The van der Waals surface area contributed by atoms with Crippen LogP contribution in [0.1, 0.15) is 17.9 Å². The van der Waals surface area contributed by atoms with E-state index >= 15 is 0 Å². The predicted octanol–water partition coefficient (Wildman–Crippen LogP) is 1.27. The van der Waals surface area contributed by atoms with Crippen LogP contribution in [0.3, 0.4) is 0 Å². The molecule has 96 valence electrons. The molecular weight excluding hydrogens is 244 g/mol. The third-order valence-electron chi connectivity index (χ3n) is 2.90. The number of nitrogens with one attached hydrogen (secondary N) is 1. The van der Waals surface area contributed by atoms with E-state index in [2.05, 4.69) is 5.32 Å². The van der Waals surface area contributed by atoms with Crippen LogP contribution in [0, 0.1) is 17.6 Å². The monoisotopic (exact) mass is 255 g/mol. The molecule has 1 fully saturated rings. The summed E-state index contributed by atoms with van der Waals surface area (Å²) in [5, 5.41) is 10.6. The maximum Gasteiger partial charge on any atom is 0.322 e. The van der Waals surface area contributed by atoms with Gasteiger partial charge < -0.3 is 10.4 Å². The van der Waals surface area contributed by atoms with Crippen LogP contribution in [0.25, 0.3) is 0 Å². The average Bonchev–Trinajstić information content (AvgIpc) is 3.05. The SMILES string of the molecule is O=C(O)CNC(=O)[C@@H]1C[C@H]1c1ccc(F)cc1F. The highest BCUT2D eigenvalue weighted by Crippen LogP contribution is 2.48. The number of carbonyl (C=O) groups excluding carboxylic acids is 1. The molecule has 1 aromatic rings. The second kappa shape index (κ2) is 4.72. The first kappa shape index (κ1) is 12.5. The smallest absolute Gasteiger partial charge is 0.322 e. The molecule has 4 nitrogen and oxygen atoms in total. The molecule has 6 heteroatoms. The molecule has 0 spiro atoms. The highest BCUT2D eigenvalue weighted by atomic mass is 19.1. The molecule has 0 aromatic heterocycles. The quantitative estimate of drug-likeness (QED) is 0.851. The van der Waals surface area contributed by atoms with Crippen LogP contribution in [0.5, 0.6) is 0 Å². The molecule has 18 heavy (non-hydrogen) atoms. The Balaban J connectivity index is 1.98. The first-order valence-electron chi connectivity index (χ1n) is 5.43. The number of benzene rings is 1. The van der Waals surface area contributed by atoms with E-state index in [-0.39, 0.29) is 5.92 Å². The van der Waals surface area contributed by atoms with Crippen molar-refractivity contribution < 1.29 is 23.5 Å². The van der Waals surface area contributed by atoms with Gasteiger partial charge in [-0.25, -0.2) is 8.78 Å². The van der Waals surface area contributed by atoms with Crippen LogP contribution in [0.2, 0.25) is 0 Å². The van der Waals surface area contributed by atoms with Gasteiger partial charge in [0.1, 0.15) is 18.2 Å². The summed E-state index contributed by atoms with van der Waals surface area (Å²) in [6.07, 6.45) is 0.452. The molecule has 0 bridgehead atoms. The van der Waals surface area contributed by atoms with Crippen molar-refractivity contribution in [3.63, 3.8) is 0 Å². The molecule has 1 aromatic carbocycles. The van der Waals surface area contributed by atoms with Crippen molar-refractivity contribution in [2.75, 3.05) is 6.54 Å². The number of aliphatic carboxylic acids is 1. The fraction of sp³-hybridized carbons (Fsp3) is 0.333. The van der Waals surface area contributed by atoms with Crippen molar-refractivity contribution in [1.29, 1.82) is 0 Å². The van der Waals surface area contributed by atoms with Gasteiger partial charge in [0.25, 0.3) is 0 Å². The molecule has 0 saturated heterocycles. The van der Waals surface area contributed by atoms with Crippen molar-refractivity contribution >= 4 is 11.9 Å². The number of amides is 1. The maximum atomic E-state index is 13.4. The van der Waals surface area contributed by atoms with Gasteiger partial charge in [-0.05, 0) is 24.0 Å². The van der Waals surface area contributed by atoms with E-state index in [0.717, 1.165) is 12.1 Å². The standard InChI is InChI=1S/C12H11F2NO3/c13-6-1-2-7(10(14)3-6)8-4-9(8)12(18)15-5-11(16)17/h1-3,8-9H,4-5H2,(H,15,18)(H,16,17)/t8-,9+/m0/s1. The normalized spacial score (nSPS) is 21.4. The lowest BCUT2D eigenvalue weighted by Gasteiger charge is -2.03. The van der Waals surface area contributed by atoms with Gasteiger partial charge in [0.2, 0.25) is 5.91 Å². The second-order valence-corrected chi connectivity index (χ2v) is 4.23. The highest BCUT2D eigenvalue weighted by Gasteiger charge is 2.45. The lowest BCUT2D eigenvalue weighted by atomic mass is 10.1. The third-order valence-corrected chi connectivity index (χ3v) is 2.90. The molecule has 2 atom stereocenters. The Morgan fingerprint density at radius 3 is 2.72 bits per heavy atom. The molecule has 0 unspecified atom stereocenters. The van der Waals surface area contributed by atoms with Gasteiger partial charge in [0.05, 0.1) is 0 Å². The number of carbonyl (C=O) groups is 2. The van der Waals surface area contributed by atoms with Crippen LogP contribution in [0.15, 0.2) is 18.2 Å². The Morgan fingerprint density at radius 2 is 2.11 bits per heavy atom. The summed E-state index contributed by atoms with van der Waals surface area (Å²) >= 11 is 0. The largest absolute Gasteiger partial charge is 0.480 e. The van der Waals surface area contributed by atoms with Gasteiger partial charge in [-0.1, -0.05) is 6.07 Å². The van der Waals surface area contributed by atoms with Crippen molar-refractivity contribution in [1.82, 2.24) is 5.32 Å². The molecular formula is C12H11F2NO3. The summed E-state index contributed by atoms with van der Waals surface area (Å²) in [4.78, 5) is 21.8. The van der Waals surface area contributed by atoms with Crippen molar-refractivity contribution in [3.8, 4) is 0 Å². The minimum atomic E-state index is -1.13. The zero-order chi connectivity index (χ0) is 13.3. The first-order valence-corrected chi connectivity index (χ1v) is 5.43. The highest BCUT2D eigenvalue weighted by molar-refractivity contribution is 5.85. The zero-order valence-electron chi connectivity index (χ0n) is 9.32. The van der Waals surface area contributed by atoms with E-state index < -0.39 is 36.0 Å². The van der Waals surface area contributed by atoms with Crippen LogP contribution in [0.4, 0.5) is 8.78 Å². The average molecular weight is 255 g/mol. The van der Waals surface area contributed by atoms with E-state index in [4.69, 9.17) is 5.11 Å². The van der Waals surface area contributed by atoms with Crippen molar-refractivity contribution in [2.45, 2.75) is 12.3 Å². The minimum Gasteiger partial charge on any atom is -0.480 e. The molecule has 0 aliphatic heterocycles. The van der Waals surface area contributed by atoms with E-state index in [1.54, 1.807) is 0 Å². The van der Waals surface area contributed by atoms with E-state index in [1.165, 1.54) is 6.07 Å². The number of carboxylic acids is 1. The Labute approximate surface area is 102 Å². The Morgan fingerprint density at radius 1 is 1.39 bits per heavy atom.